The third-order valence-corrected chi connectivity index (χ3v) is 6.07. The van der Waals surface area contributed by atoms with Gasteiger partial charge < -0.3 is 5.11 Å². The first kappa shape index (κ1) is 15.2. The molecule has 0 unspecified atom stereocenters. The molecule has 2 atom stereocenters. The van der Waals surface area contributed by atoms with Gasteiger partial charge in [0.25, 0.3) is 0 Å². The average molecular weight is 329 g/mol. The van der Waals surface area contributed by atoms with E-state index in [4.69, 9.17) is 4.98 Å². The van der Waals surface area contributed by atoms with Crippen LogP contribution in [0.15, 0.2) is 24.4 Å². The molecular formula is C18H23N3OS. The quantitative estimate of drug-likeness (QED) is 0.936. The molecule has 1 aliphatic heterocycles. The van der Waals surface area contributed by atoms with Crippen molar-refractivity contribution in [2.75, 3.05) is 13.1 Å². The van der Waals surface area contributed by atoms with Gasteiger partial charge in [-0.05, 0) is 44.2 Å². The largest absolute Gasteiger partial charge is 0.391 e. The Morgan fingerprint density at radius 2 is 2.13 bits per heavy atom. The van der Waals surface area contributed by atoms with Crippen LogP contribution in [0, 0.1) is 5.92 Å². The minimum absolute atomic E-state index is 0.258. The van der Waals surface area contributed by atoms with E-state index in [-0.39, 0.29) is 12.0 Å². The van der Waals surface area contributed by atoms with Gasteiger partial charge in [0.05, 0.1) is 18.3 Å². The third-order valence-electron chi connectivity index (χ3n) is 4.93. The van der Waals surface area contributed by atoms with Crippen molar-refractivity contribution >= 4 is 11.3 Å². The second kappa shape index (κ2) is 6.67. The maximum Gasteiger partial charge on any atom is 0.107 e. The molecule has 0 amide bonds. The van der Waals surface area contributed by atoms with E-state index >= 15 is 0 Å². The van der Waals surface area contributed by atoms with Gasteiger partial charge >= 0.3 is 0 Å². The topological polar surface area (TPSA) is 49.2 Å². The Morgan fingerprint density at radius 1 is 1.22 bits per heavy atom. The Labute approximate surface area is 141 Å². The molecule has 1 fully saturated rings. The Kier molecular flexibility index (Phi) is 4.42. The summed E-state index contributed by atoms with van der Waals surface area (Å²) in [6.07, 6.45) is 7.37. The van der Waals surface area contributed by atoms with Gasteiger partial charge in [0.1, 0.15) is 5.01 Å². The number of β-amino-alcohol motifs (C(OH)–C–C–N with tert-alkyl or cyclic N) is 1. The number of thiazole rings is 1. The Balaban J connectivity index is 1.38. The summed E-state index contributed by atoms with van der Waals surface area (Å²) in [6.45, 7) is 2.57. The van der Waals surface area contributed by atoms with Crippen molar-refractivity contribution < 1.29 is 5.11 Å². The first-order valence-electron chi connectivity index (χ1n) is 8.56. The first-order chi connectivity index (χ1) is 11.3. The number of aromatic nitrogens is 2. The van der Waals surface area contributed by atoms with Crippen molar-refractivity contribution in [1.29, 1.82) is 0 Å². The van der Waals surface area contributed by atoms with Crippen LogP contribution in [0.4, 0.5) is 0 Å². The van der Waals surface area contributed by atoms with Crippen LogP contribution in [-0.4, -0.2) is 39.2 Å². The van der Waals surface area contributed by atoms with Gasteiger partial charge in [-0.2, -0.15) is 0 Å². The fourth-order valence-electron chi connectivity index (χ4n) is 3.72. The van der Waals surface area contributed by atoms with Crippen molar-refractivity contribution in [2.45, 2.75) is 44.8 Å². The second-order valence-electron chi connectivity index (χ2n) is 6.73. The van der Waals surface area contributed by atoms with Gasteiger partial charge in [-0.1, -0.05) is 6.07 Å². The summed E-state index contributed by atoms with van der Waals surface area (Å²) in [4.78, 5) is 13.1. The van der Waals surface area contributed by atoms with Gasteiger partial charge in [-0.25, -0.2) is 4.98 Å². The fourth-order valence-corrected chi connectivity index (χ4v) is 4.92. The lowest BCUT2D eigenvalue weighted by Gasteiger charge is -2.13. The monoisotopic (exact) mass is 329 g/mol. The molecule has 1 N–H and O–H groups in total. The molecule has 3 heterocycles. The predicted octanol–water partition coefficient (Wildman–Crippen LogP) is 2.45. The maximum atomic E-state index is 10.4. The van der Waals surface area contributed by atoms with Crippen molar-refractivity contribution in [3.63, 3.8) is 0 Å². The molecule has 2 aliphatic rings. The Bertz CT molecular complexity index is 634. The summed E-state index contributed by atoms with van der Waals surface area (Å²) < 4.78 is 0. The zero-order valence-corrected chi connectivity index (χ0v) is 14.1. The molecule has 5 heteroatoms. The molecule has 23 heavy (non-hydrogen) atoms. The number of nitrogens with zero attached hydrogens (tertiary/aromatic N) is 3. The summed E-state index contributed by atoms with van der Waals surface area (Å²) in [5.74, 6) is 0.277. The molecule has 0 radical (unpaired) electrons. The summed E-state index contributed by atoms with van der Waals surface area (Å²) in [5.41, 5.74) is 2.41. The average Bonchev–Trinajstić information content (AvgIpc) is 3.11. The van der Waals surface area contributed by atoms with Gasteiger partial charge in [0.15, 0.2) is 0 Å². The van der Waals surface area contributed by atoms with Gasteiger partial charge in [0, 0.05) is 35.8 Å². The normalized spacial score (nSPS) is 24.7. The molecule has 122 valence electrons. The van der Waals surface area contributed by atoms with Gasteiger partial charge in [-0.3, -0.25) is 9.88 Å². The lowest BCUT2D eigenvalue weighted by molar-refractivity contribution is 0.140. The number of hydrogen-bond donors (Lipinski definition) is 1. The Hall–Kier alpha value is -1.30. The van der Waals surface area contributed by atoms with Crippen molar-refractivity contribution in [3.05, 3.63) is 45.7 Å². The van der Waals surface area contributed by atoms with E-state index in [1.54, 1.807) is 0 Å². The van der Waals surface area contributed by atoms with Crippen LogP contribution in [0.1, 0.15) is 34.1 Å². The van der Waals surface area contributed by atoms with E-state index in [1.807, 2.05) is 35.7 Å². The van der Waals surface area contributed by atoms with Gasteiger partial charge in [0.2, 0.25) is 0 Å². The maximum absolute atomic E-state index is 10.4. The van der Waals surface area contributed by atoms with Crippen LogP contribution < -0.4 is 0 Å². The third kappa shape index (κ3) is 3.47. The number of likely N-dealkylation sites (tertiary alicyclic amines) is 1. The fraction of sp³-hybridized carbons (Fsp3) is 0.556. The molecule has 1 saturated heterocycles. The molecule has 0 saturated carbocycles. The van der Waals surface area contributed by atoms with Crippen LogP contribution in [0.2, 0.25) is 0 Å². The Morgan fingerprint density at radius 3 is 2.96 bits per heavy atom. The van der Waals surface area contributed by atoms with Crippen molar-refractivity contribution in [3.8, 4) is 0 Å². The molecule has 2 aromatic heterocycles. The lowest BCUT2D eigenvalue weighted by Crippen LogP contribution is -2.21. The molecule has 4 rings (SSSR count). The van der Waals surface area contributed by atoms with E-state index in [9.17, 15) is 5.11 Å². The highest BCUT2D eigenvalue weighted by Crippen LogP contribution is 2.29. The van der Waals surface area contributed by atoms with Crippen LogP contribution in [0.3, 0.4) is 0 Å². The number of hydrogen-bond acceptors (Lipinski definition) is 5. The summed E-state index contributed by atoms with van der Waals surface area (Å²) in [5, 5.41) is 11.6. The van der Waals surface area contributed by atoms with Crippen LogP contribution in [-0.2, 0) is 25.8 Å². The summed E-state index contributed by atoms with van der Waals surface area (Å²) in [6, 6.07) is 6.00. The minimum atomic E-state index is -0.258. The molecule has 1 aliphatic carbocycles. The predicted molar refractivity (Wildman–Crippen MR) is 91.5 cm³/mol. The highest BCUT2D eigenvalue weighted by Gasteiger charge is 2.32. The zero-order valence-electron chi connectivity index (χ0n) is 13.3. The smallest absolute Gasteiger partial charge is 0.107 e. The standard InChI is InChI=1S/C18H23N3OS/c22-16-11-21(10-13(16)9-14-5-3-4-8-19-14)12-18-20-15-6-1-2-7-17(15)23-18/h3-5,8,13,16,22H,1-2,6-7,9-12H2/t13-,16-/m1/s1. The number of aryl methyl sites for hydroxylation is 2. The molecule has 4 nitrogen and oxygen atoms in total. The van der Waals surface area contributed by atoms with Crippen molar-refractivity contribution in [2.24, 2.45) is 5.92 Å². The van der Waals surface area contributed by atoms with E-state index < -0.39 is 0 Å². The van der Waals surface area contributed by atoms with E-state index in [0.29, 0.717) is 0 Å². The highest BCUT2D eigenvalue weighted by atomic mass is 32.1. The first-order valence-corrected chi connectivity index (χ1v) is 9.37. The number of aliphatic hydroxyl groups is 1. The molecule has 2 aromatic rings. The summed E-state index contributed by atoms with van der Waals surface area (Å²) >= 11 is 1.88. The molecule has 0 bridgehead atoms. The van der Waals surface area contributed by atoms with Crippen LogP contribution in [0.25, 0.3) is 0 Å². The molecule has 0 aromatic carbocycles. The summed E-state index contributed by atoms with van der Waals surface area (Å²) in [7, 11) is 0. The van der Waals surface area contributed by atoms with E-state index in [1.165, 1.54) is 34.8 Å². The SMILES string of the molecule is O[C@@H]1CN(Cc2nc3c(s2)CCCC3)C[C@H]1Cc1ccccn1. The second-order valence-corrected chi connectivity index (χ2v) is 7.90. The van der Waals surface area contributed by atoms with Crippen molar-refractivity contribution in [1.82, 2.24) is 14.9 Å². The zero-order chi connectivity index (χ0) is 15.6. The number of aliphatic hydroxyl groups excluding tert-OH is 1. The number of fused-ring (bicyclic) bond motifs is 1. The van der Waals surface area contributed by atoms with Crippen LogP contribution >= 0.6 is 11.3 Å². The van der Waals surface area contributed by atoms with Crippen LogP contribution in [0.5, 0.6) is 0 Å². The number of pyridine rings is 1. The van der Waals surface area contributed by atoms with E-state index in [0.717, 1.165) is 38.2 Å². The molecular weight excluding hydrogens is 306 g/mol. The lowest BCUT2D eigenvalue weighted by atomic mass is 10.00. The molecule has 0 spiro atoms. The highest BCUT2D eigenvalue weighted by molar-refractivity contribution is 7.11. The minimum Gasteiger partial charge on any atom is -0.391 e. The van der Waals surface area contributed by atoms with E-state index in [2.05, 4.69) is 9.88 Å². The number of rotatable bonds is 4. The van der Waals surface area contributed by atoms with Gasteiger partial charge in [-0.15, -0.1) is 11.3 Å².